The van der Waals surface area contributed by atoms with Gasteiger partial charge in [-0.3, -0.25) is 9.89 Å². The summed E-state index contributed by atoms with van der Waals surface area (Å²) in [5, 5.41) is 19.6. The quantitative estimate of drug-likeness (QED) is 0.711. The van der Waals surface area contributed by atoms with E-state index in [1.54, 1.807) is 6.20 Å². The number of benzene rings is 1. The van der Waals surface area contributed by atoms with E-state index in [9.17, 15) is 9.90 Å². The highest BCUT2D eigenvalue weighted by Gasteiger charge is 2.36. The summed E-state index contributed by atoms with van der Waals surface area (Å²) in [5.74, 6) is 1.31. The first-order chi connectivity index (χ1) is 12.7. The average molecular weight is 355 g/mol. The third kappa shape index (κ3) is 3.75. The smallest absolute Gasteiger partial charge is 0.220 e. The minimum absolute atomic E-state index is 0.0364. The van der Waals surface area contributed by atoms with Crippen LogP contribution in [0.3, 0.4) is 0 Å². The van der Waals surface area contributed by atoms with Gasteiger partial charge in [-0.05, 0) is 60.4 Å². The molecule has 4 rings (SSSR count). The summed E-state index contributed by atoms with van der Waals surface area (Å²) < 4.78 is 5.59. The van der Waals surface area contributed by atoms with E-state index in [1.807, 2.05) is 18.3 Å². The summed E-state index contributed by atoms with van der Waals surface area (Å²) >= 11 is 0. The summed E-state index contributed by atoms with van der Waals surface area (Å²) in [7, 11) is 0. The molecule has 1 saturated carbocycles. The maximum Gasteiger partial charge on any atom is 0.220 e. The third-order valence-electron chi connectivity index (χ3n) is 5.43. The van der Waals surface area contributed by atoms with E-state index in [0.717, 1.165) is 55.6 Å². The van der Waals surface area contributed by atoms with Crippen LogP contribution in [0.15, 0.2) is 30.6 Å². The van der Waals surface area contributed by atoms with Crippen molar-refractivity contribution >= 4 is 5.91 Å². The number of carbonyl (C=O) groups is 1. The van der Waals surface area contributed by atoms with Gasteiger partial charge in [0.1, 0.15) is 5.75 Å². The van der Waals surface area contributed by atoms with Gasteiger partial charge in [-0.15, -0.1) is 0 Å². The van der Waals surface area contributed by atoms with Gasteiger partial charge in [-0.25, -0.2) is 0 Å². The van der Waals surface area contributed by atoms with Crippen LogP contribution < -0.4 is 10.1 Å². The predicted molar refractivity (Wildman–Crippen MR) is 96.8 cm³/mol. The first-order valence-corrected chi connectivity index (χ1v) is 9.40. The normalized spacial score (nSPS) is 22.2. The molecule has 0 saturated heterocycles. The summed E-state index contributed by atoms with van der Waals surface area (Å²) in [6.07, 6.45) is 7.95. The Morgan fingerprint density at radius 1 is 1.42 bits per heavy atom. The van der Waals surface area contributed by atoms with E-state index in [1.165, 1.54) is 5.56 Å². The first kappa shape index (κ1) is 17.1. The second kappa shape index (κ2) is 7.50. The number of amides is 1. The molecule has 0 bridgehead atoms. The number of ether oxygens (including phenoxy) is 1. The molecule has 1 atom stereocenters. The number of fused-ring (bicyclic) bond motifs is 1. The Hall–Kier alpha value is -2.34. The zero-order chi connectivity index (χ0) is 17.9. The van der Waals surface area contributed by atoms with Crippen LogP contribution in [0.25, 0.3) is 0 Å². The largest absolute Gasteiger partial charge is 0.493 e. The number of rotatable bonds is 7. The number of aromatic nitrogens is 2. The van der Waals surface area contributed by atoms with Crippen LogP contribution in [0, 0.1) is 5.92 Å². The monoisotopic (exact) mass is 355 g/mol. The first-order valence-electron chi connectivity index (χ1n) is 9.40. The fourth-order valence-electron chi connectivity index (χ4n) is 3.89. The van der Waals surface area contributed by atoms with Crippen molar-refractivity contribution in [2.45, 2.75) is 50.7 Å². The molecule has 0 radical (unpaired) electrons. The van der Waals surface area contributed by atoms with Crippen molar-refractivity contribution < 1.29 is 14.6 Å². The number of H-pyrrole nitrogens is 1. The number of aliphatic hydroxyl groups excluding tert-OH is 1. The van der Waals surface area contributed by atoms with Crippen LogP contribution in [0.1, 0.15) is 48.4 Å². The summed E-state index contributed by atoms with van der Waals surface area (Å²) in [4.78, 5) is 12.5. The molecule has 2 aromatic rings. The molecule has 1 aliphatic heterocycles. The predicted octanol–water partition coefficient (Wildman–Crippen LogP) is 2.30. The van der Waals surface area contributed by atoms with E-state index in [-0.39, 0.29) is 18.1 Å². The molecule has 0 unspecified atom stereocenters. The molecule has 2 aliphatic rings. The third-order valence-corrected chi connectivity index (χ3v) is 5.43. The van der Waals surface area contributed by atoms with Gasteiger partial charge >= 0.3 is 0 Å². The Morgan fingerprint density at radius 3 is 3.08 bits per heavy atom. The Bertz CT molecular complexity index is 754. The lowest BCUT2D eigenvalue weighted by molar-refractivity contribution is -0.123. The molecule has 6 heteroatoms. The van der Waals surface area contributed by atoms with Gasteiger partial charge in [0.25, 0.3) is 0 Å². The van der Waals surface area contributed by atoms with Gasteiger partial charge in [0, 0.05) is 19.0 Å². The van der Waals surface area contributed by atoms with Crippen LogP contribution in [-0.2, 0) is 17.6 Å². The Labute approximate surface area is 153 Å². The van der Waals surface area contributed by atoms with Crippen molar-refractivity contribution in [3.05, 3.63) is 47.3 Å². The second-order valence-electron chi connectivity index (χ2n) is 7.36. The minimum atomic E-state index is -0.238. The number of aliphatic hydroxyl groups is 1. The highest BCUT2D eigenvalue weighted by Crippen LogP contribution is 2.39. The molecule has 1 aliphatic carbocycles. The Kier molecular flexibility index (Phi) is 4.93. The highest BCUT2D eigenvalue weighted by atomic mass is 16.5. The van der Waals surface area contributed by atoms with E-state index < -0.39 is 0 Å². The Morgan fingerprint density at radius 2 is 2.31 bits per heavy atom. The molecular formula is C20H25N3O3. The number of hydrogen-bond donors (Lipinski definition) is 3. The number of aromatic amines is 1. The van der Waals surface area contributed by atoms with Crippen molar-refractivity contribution in [1.29, 1.82) is 0 Å². The van der Waals surface area contributed by atoms with Crippen molar-refractivity contribution in [2.24, 2.45) is 5.92 Å². The van der Waals surface area contributed by atoms with Crippen LogP contribution in [0.4, 0.5) is 0 Å². The molecule has 138 valence electrons. The Balaban J connectivity index is 1.39. The molecule has 1 amide bonds. The molecule has 1 aromatic heterocycles. The lowest BCUT2D eigenvalue weighted by Crippen LogP contribution is -2.41. The van der Waals surface area contributed by atoms with Gasteiger partial charge in [-0.2, -0.15) is 5.10 Å². The fraction of sp³-hybridized carbons (Fsp3) is 0.500. The van der Waals surface area contributed by atoms with Crippen LogP contribution in [-0.4, -0.2) is 33.9 Å². The second-order valence-corrected chi connectivity index (χ2v) is 7.36. The SMILES string of the molecule is O=C(CCCc1cn[nH]c1)N[C@H](c1ccc2c(c1)CCO2)C1CC(O)C1. The van der Waals surface area contributed by atoms with E-state index in [2.05, 4.69) is 21.6 Å². The molecule has 1 aromatic carbocycles. The number of hydrogen-bond acceptors (Lipinski definition) is 4. The molecule has 3 N–H and O–H groups in total. The summed E-state index contributed by atoms with van der Waals surface area (Å²) in [6.45, 7) is 0.728. The molecular weight excluding hydrogens is 330 g/mol. The summed E-state index contributed by atoms with van der Waals surface area (Å²) in [5.41, 5.74) is 3.45. The van der Waals surface area contributed by atoms with Gasteiger partial charge in [0.05, 0.1) is 24.9 Å². The van der Waals surface area contributed by atoms with Crippen LogP contribution in [0.5, 0.6) is 5.75 Å². The van der Waals surface area contributed by atoms with Crippen LogP contribution in [0.2, 0.25) is 0 Å². The maximum atomic E-state index is 12.5. The van der Waals surface area contributed by atoms with E-state index >= 15 is 0 Å². The fourth-order valence-corrected chi connectivity index (χ4v) is 3.89. The van der Waals surface area contributed by atoms with Crippen molar-refractivity contribution in [1.82, 2.24) is 15.5 Å². The lowest BCUT2D eigenvalue weighted by Gasteiger charge is -2.38. The maximum absolute atomic E-state index is 12.5. The van der Waals surface area contributed by atoms with Gasteiger partial charge in [0.2, 0.25) is 5.91 Å². The van der Waals surface area contributed by atoms with Crippen molar-refractivity contribution in [3.8, 4) is 5.75 Å². The molecule has 6 nitrogen and oxygen atoms in total. The zero-order valence-electron chi connectivity index (χ0n) is 14.8. The van der Waals surface area contributed by atoms with Crippen LogP contribution >= 0.6 is 0 Å². The average Bonchev–Trinajstić information content (AvgIpc) is 3.28. The number of nitrogens with zero attached hydrogens (tertiary/aromatic N) is 1. The lowest BCUT2D eigenvalue weighted by atomic mass is 9.74. The van der Waals surface area contributed by atoms with Gasteiger partial charge in [-0.1, -0.05) is 6.07 Å². The number of aryl methyl sites for hydroxylation is 1. The molecule has 26 heavy (non-hydrogen) atoms. The van der Waals surface area contributed by atoms with Gasteiger partial charge < -0.3 is 15.2 Å². The van der Waals surface area contributed by atoms with E-state index in [0.29, 0.717) is 12.3 Å². The number of nitrogens with one attached hydrogen (secondary N) is 2. The van der Waals surface area contributed by atoms with Crippen molar-refractivity contribution in [2.75, 3.05) is 6.61 Å². The topological polar surface area (TPSA) is 87.2 Å². The minimum Gasteiger partial charge on any atom is -0.493 e. The summed E-state index contributed by atoms with van der Waals surface area (Å²) in [6, 6.07) is 6.17. The van der Waals surface area contributed by atoms with E-state index in [4.69, 9.17) is 4.74 Å². The molecule has 0 spiro atoms. The standard InChI is InChI=1S/C20H25N3O3/c24-17-9-16(10-17)20(15-4-5-18-14(8-15)6-7-26-18)23-19(25)3-1-2-13-11-21-22-12-13/h4-5,8,11-12,16-17,20,24H,1-3,6-7,9-10H2,(H,21,22)(H,23,25)/t16?,17?,20-/m1/s1. The number of carbonyl (C=O) groups excluding carboxylic acids is 1. The molecule has 2 heterocycles. The highest BCUT2D eigenvalue weighted by molar-refractivity contribution is 5.76. The zero-order valence-corrected chi connectivity index (χ0v) is 14.8. The molecule has 1 fully saturated rings. The van der Waals surface area contributed by atoms with Crippen molar-refractivity contribution in [3.63, 3.8) is 0 Å². The van der Waals surface area contributed by atoms with Gasteiger partial charge in [0.15, 0.2) is 0 Å².